The summed E-state index contributed by atoms with van der Waals surface area (Å²) in [5.74, 6) is 0.263. The maximum atomic E-state index is 12.4. The van der Waals surface area contributed by atoms with E-state index in [0.29, 0.717) is 12.6 Å². The molecule has 0 radical (unpaired) electrons. The van der Waals surface area contributed by atoms with E-state index in [2.05, 4.69) is 12.0 Å². The van der Waals surface area contributed by atoms with E-state index in [9.17, 15) is 4.79 Å². The fourth-order valence-corrected chi connectivity index (χ4v) is 2.68. The Balaban J connectivity index is 1.82. The highest BCUT2D eigenvalue weighted by Gasteiger charge is 2.39. The number of carbonyl (C=O) groups excluding carboxylic acids is 1. The molecule has 0 aromatic rings. The van der Waals surface area contributed by atoms with Gasteiger partial charge in [0.15, 0.2) is 0 Å². The predicted molar refractivity (Wildman–Crippen MR) is 66.3 cm³/mol. The first-order chi connectivity index (χ1) is 8.18. The average molecular weight is 231 g/mol. The molecule has 0 aliphatic carbocycles. The van der Waals surface area contributed by atoms with Gasteiger partial charge in [-0.1, -0.05) is 0 Å². The third-order valence-electron chi connectivity index (χ3n) is 4.01. The van der Waals surface area contributed by atoms with Gasteiger partial charge < -0.3 is 4.90 Å². The zero-order valence-corrected chi connectivity index (χ0v) is 10.3. The molecule has 0 N–H and O–H groups in total. The maximum Gasteiger partial charge on any atom is 0.231 e. The Morgan fingerprint density at radius 2 is 2.35 bits per heavy atom. The fraction of sp³-hybridized carbons (Fsp3) is 0.538. The summed E-state index contributed by atoms with van der Waals surface area (Å²) in [4.78, 5) is 14.4. The fourth-order valence-electron chi connectivity index (χ4n) is 2.68. The van der Waals surface area contributed by atoms with Gasteiger partial charge in [0.1, 0.15) is 0 Å². The molecule has 17 heavy (non-hydrogen) atoms. The van der Waals surface area contributed by atoms with E-state index in [1.54, 1.807) is 6.21 Å². The Kier molecular flexibility index (Phi) is 2.31. The lowest BCUT2D eigenvalue weighted by Gasteiger charge is -2.40. The Hall–Kier alpha value is -1.58. The standard InChI is InChI=1S/C13H17N3O/c1-9-5-7-15(9)13(17)11-8-16-12(10(11)2)4-3-6-14-16/h3-4,6,9,11H,5,7-8H2,1-2H3/t9-,11?/m1/s1. The molecular formula is C13H17N3O. The van der Waals surface area contributed by atoms with Crippen LogP contribution in [0.1, 0.15) is 20.3 Å². The molecule has 1 unspecified atom stereocenters. The van der Waals surface area contributed by atoms with Gasteiger partial charge in [0, 0.05) is 18.8 Å². The van der Waals surface area contributed by atoms with Gasteiger partial charge in [0.25, 0.3) is 0 Å². The lowest BCUT2D eigenvalue weighted by molar-refractivity contribution is -0.141. The van der Waals surface area contributed by atoms with Gasteiger partial charge in [-0.15, -0.1) is 0 Å². The second-order valence-corrected chi connectivity index (χ2v) is 5.00. The van der Waals surface area contributed by atoms with Gasteiger partial charge in [0.05, 0.1) is 18.2 Å². The van der Waals surface area contributed by atoms with E-state index in [1.165, 1.54) is 0 Å². The highest BCUT2D eigenvalue weighted by Crippen LogP contribution is 2.33. The highest BCUT2D eigenvalue weighted by molar-refractivity contribution is 5.84. The van der Waals surface area contributed by atoms with Crippen LogP contribution in [0.2, 0.25) is 0 Å². The van der Waals surface area contributed by atoms with Gasteiger partial charge in [0.2, 0.25) is 5.91 Å². The van der Waals surface area contributed by atoms with Crippen molar-refractivity contribution in [2.75, 3.05) is 13.1 Å². The summed E-state index contributed by atoms with van der Waals surface area (Å²) < 4.78 is 0. The van der Waals surface area contributed by atoms with Gasteiger partial charge >= 0.3 is 0 Å². The lowest BCUT2D eigenvalue weighted by atomic mass is 9.96. The van der Waals surface area contributed by atoms with Crippen molar-refractivity contribution < 1.29 is 4.79 Å². The molecule has 3 heterocycles. The zero-order chi connectivity index (χ0) is 12.0. The molecule has 1 amide bonds. The molecule has 3 rings (SSSR count). The van der Waals surface area contributed by atoms with E-state index in [-0.39, 0.29) is 11.8 Å². The third-order valence-corrected chi connectivity index (χ3v) is 4.01. The first-order valence-corrected chi connectivity index (χ1v) is 6.18. The minimum absolute atomic E-state index is 0.00681. The molecular weight excluding hydrogens is 214 g/mol. The van der Waals surface area contributed by atoms with E-state index in [4.69, 9.17) is 0 Å². The van der Waals surface area contributed by atoms with E-state index in [0.717, 1.165) is 24.2 Å². The minimum atomic E-state index is -0.00681. The van der Waals surface area contributed by atoms with Crippen LogP contribution in [-0.2, 0) is 4.79 Å². The van der Waals surface area contributed by atoms with Crippen LogP contribution in [0.25, 0.3) is 0 Å². The first kappa shape index (κ1) is 10.6. The van der Waals surface area contributed by atoms with Crippen LogP contribution >= 0.6 is 0 Å². The smallest absolute Gasteiger partial charge is 0.231 e. The Labute approximate surface area is 101 Å². The molecule has 0 spiro atoms. The summed E-state index contributed by atoms with van der Waals surface area (Å²) in [6.45, 7) is 5.78. The molecule has 3 aliphatic heterocycles. The molecule has 3 aliphatic rings. The molecule has 4 nitrogen and oxygen atoms in total. The molecule has 90 valence electrons. The molecule has 0 aromatic carbocycles. The van der Waals surface area contributed by atoms with Crippen LogP contribution in [-0.4, -0.2) is 41.2 Å². The molecule has 1 fully saturated rings. The average Bonchev–Trinajstić information content (AvgIpc) is 2.65. The number of fused-ring (bicyclic) bond motifs is 1. The van der Waals surface area contributed by atoms with Gasteiger partial charge in [-0.05, 0) is 38.0 Å². The number of amides is 1. The molecule has 4 heteroatoms. The van der Waals surface area contributed by atoms with Crippen LogP contribution < -0.4 is 0 Å². The van der Waals surface area contributed by atoms with E-state index in [1.807, 2.05) is 29.0 Å². The second kappa shape index (κ2) is 3.72. The van der Waals surface area contributed by atoms with Crippen molar-refractivity contribution in [1.29, 1.82) is 0 Å². The van der Waals surface area contributed by atoms with Crippen molar-refractivity contribution in [2.24, 2.45) is 11.0 Å². The Morgan fingerprint density at radius 1 is 1.53 bits per heavy atom. The van der Waals surface area contributed by atoms with Crippen LogP contribution in [0.15, 0.2) is 28.5 Å². The highest BCUT2D eigenvalue weighted by atomic mass is 16.2. The van der Waals surface area contributed by atoms with Gasteiger partial charge in [-0.25, -0.2) is 0 Å². The Morgan fingerprint density at radius 3 is 2.94 bits per heavy atom. The number of hydrogen-bond acceptors (Lipinski definition) is 3. The van der Waals surface area contributed by atoms with Crippen LogP contribution in [0, 0.1) is 5.92 Å². The van der Waals surface area contributed by atoms with Crippen molar-refractivity contribution in [2.45, 2.75) is 26.3 Å². The third kappa shape index (κ3) is 1.51. The quantitative estimate of drug-likeness (QED) is 0.683. The van der Waals surface area contributed by atoms with E-state index < -0.39 is 0 Å². The summed E-state index contributed by atoms with van der Waals surface area (Å²) in [7, 11) is 0. The molecule has 0 bridgehead atoms. The SMILES string of the molecule is CC1=C2C=CC=NN2CC1C(=O)N1CC[C@H]1C. The van der Waals surface area contributed by atoms with Crippen molar-refractivity contribution >= 4 is 12.1 Å². The monoisotopic (exact) mass is 231 g/mol. The number of rotatable bonds is 1. The second-order valence-electron chi connectivity index (χ2n) is 5.00. The predicted octanol–water partition coefficient (Wildman–Crippen LogP) is 1.37. The normalized spacial score (nSPS) is 30.7. The minimum Gasteiger partial charge on any atom is -0.339 e. The largest absolute Gasteiger partial charge is 0.339 e. The van der Waals surface area contributed by atoms with Crippen LogP contribution in [0.4, 0.5) is 0 Å². The molecule has 0 aromatic heterocycles. The molecule has 1 saturated heterocycles. The van der Waals surface area contributed by atoms with Crippen molar-refractivity contribution in [1.82, 2.24) is 9.91 Å². The summed E-state index contributed by atoms with van der Waals surface area (Å²) in [6.07, 6.45) is 6.87. The topological polar surface area (TPSA) is 35.9 Å². The summed E-state index contributed by atoms with van der Waals surface area (Å²) in [5.41, 5.74) is 2.25. The summed E-state index contributed by atoms with van der Waals surface area (Å²) in [5, 5.41) is 6.22. The van der Waals surface area contributed by atoms with Crippen molar-refractivity contribution in [3.63, 3.8) is 0 Å². The summed E-state index contributed by atoms with van der Waals surface area (Å²) >= 11 is 0. The van der Waals surface area contributed by atoms with Gasteiger partial charge in [-0.2, -0.15) is 5.10 Å². The zero-order valence-electron chi connectivity index (χ0n) is 10.3. The number of allylic oxidation sites excluding steroid dienone is 2. The maximum absolute atomic E-state index is 12.4. The van der Waals surface area contributed by atoms with E-state index >= 15 is 0 Å². The Bertz CT molecular complexity index is 450. The first-order valence-electron chi connectivity index (χ1n) is 6.18. The number of carbonyl (C=O) groups is 1. The molecule has 2 atom stereocenters. The van der Waals surface area contributed by atoms with Crippen LogP contribution in [0.5, 0.6) is 0 Å². The molecule has 0 saturated carbocycles. The summed E-state index contributed by atoms with van der Waals surface area (Å²) in [6, 6.07) is 0.414. The lowest BCUT2D eigenvalue weighted by Crippen LogP contribution is -2.52. The number of hydrazone groups is 1. The number of hydrogen-bond donors (Lipinski definition) is 0. The van der Waals surface area contributed by atoms with Crippen molar-refractivity contribution in [3.8, 4) is 0 Å². The number of nitrogens with zero attached hydrogens (tertiary/aromatic N) is 3. The van der Waals surface area contributed by atoms with Crippen molar-refractivity contribution in [3.05, 3.63) is 23.4 Å². The van der Waals surface area contributed by atoms with Gasteiger partial charge in [-0.3, -0.25) is 9.80 Å². The number of likely N-dealkylation sites (tertiary alicyclic amines) is 1. The van der Waals surface area contributed by atoms with Crippen LogP contribution in [0.3, 0.4) is 0 Å².